The number of hydrogen-bond donors (Lipinski definition) is 4. The van der Waals surface area contributed by atoms with Crippen LogP contribution in [-0.2, 0) is 4.74 Å². The van der Waals surface area contributed by atoms with Gasteiger partial charge in [-0.1, -0.05) is 11.8 Å². The fourth-order valence-corrected chi connectivity index (χ4v) is 2.36. The summed E-state index contributed by atoms with van der Waals surface area (Å²) in [5.74, 6) is 4.45. The van der Waals surface area contributed by atoms with E-state index in [1.807, 2.05) is 4.98 Å². The van der Waals surface area contributed by atoms with Gasteiger partial charge >= 0.3 is 5.69 Å². The van der Waals surface area contributed by atoms with Crippen LogP contribution in [0.25, 0.3) is 0 Å². The molecule has 0 aliphatic carbocycles. The summed E-state index contributed by atoms with van der Waals surface area (Å²) in [6.07, 6.45) is -3.86. The summed E-state index contributed by atoms with van der Waals surface area (Å²) in [6, 6.07) is 1.07. The maximum absolute atomic E-state index is 12.3. The summed E-state index contributed by atoms with van der Waals surface area (Å²) in [5, 5.41) is 19.9. The fraction of sp³-hybridized carbons (Fsp3) is 0.538. The van der Waals surface area contributed by atoms with E-state index < -0.39 is 48.0 Å². The molecule has 1 fully saturated rings. The molecular formula is C13H16FN3O5. The topological polar surface area (TPSA) is 131 Å². The molecule has 1 aromatic heterocycles. The Bertz CT molecular complexity index is 719. The van der Waals surface area contributed by atoms with E-state index in [-0.39, 0.29) is 0 Å². The Morgan fingerprint density at radius 2 is 2.32 bits per heavy atom. The average Bonchev–Trinajstić information content (AvgIpc) is 2.70. The molecule has 1 saturated heterocycles. The van der Waals surface area contributed by atoms with Crippen molar-refractivity contribution in [3.8, 4) is 11.8 Å². The van der Waals surface area contributed by atoms with Crippen molar-refractivity contribution in [1.82, 2.24) is 9.55 Å². The lowest BCUT2D eigenvalue weighted by Crippen LogP contribution is -2.55. The number of alkyl halides is 1. The van der Waals surface area contributed by atoms with Gasteiger partial charge in [0.05, 0.1) is 6.10 Å². The molecule has 22 heavy (non-hydrogen) atoms. The van der Waals surface area contributed by atoms with Crippen LogP contribution in [0.1, 0.15) is 13.2 Å². The van der Waals surface area contributed by atoms with E-state index in [4.69, 9.17) is 10.5 Å². The molecule has 1 aromatic rings. The second-order valence-corrected chi connectivity index (χ2v) is 5.02. The van der Waals surface area contributed by atoms with Gasteiger partial charge in [0.15, 0.2) is 11.8 Å². The van der Waals surface area contributed by atoms with Crippen molar-refractivity contribution in [2.75, 3.05) is 6.67 Å². The van der Waals surface area contributed by atoms with Crippen LogP contribution in [0, 0.1) is 11.8 Å². The highest BCUT2D eigenvalue weighted by molar-refractivity contribution is 5.26. The van der Waals surface area contributed by atoms with Crippen LogP contribution in [0.4, 0.5) is 4.39 Å². The SMILES string of the molecule is C[C@@H](O)[C@H]1O[C@@H](n2ccc(=O)[nH]c2=O)[C@@](N)(C#CCF)C1O. The van der Waals surface area contributed by atoms with E-state index in [0.717, 1.165) is 16.8 Å². The third-order valence-electron chi connectivity index (χ3n) is 3.45. The third-order valence-corrected chi connectivity index (χ3v) is 3.45. The molecule has 0 aromatic carbocycles. The molecule has 8 nitrogen and oxygen atoms in total. The highest BCUT2D eigenvalue weighted by Gasteiger charge is 2.55. The highest BCUT2D eigenvalue weighted by atomic mass is 19.1. The number of nitrogens with one attached hydrogen (secondary N) is 1. The molecule has 0 radical (unpaired) electrons. The molecule has 0 amide bonds. The molecule has 2 rings (SSSR count). The van der Waals surface area contributed by atoms with Crippen LogP contribution < -0.4 is 17.0 Å². The highest BCUT2D eigenvalue weighted by Crippen LogP contribution is 2.36. The lowest BCUT2D eigenvalue weighted by atomic mass is 9.90. The van der Waals surface area contributed by atoms with Gasteiger partial charge < -0.3 is 20.7 Å². The lowest BCUT2D eigenvalue weighted by Gasteiger charge is -2.27. The van der Waals surface area contributed by atoms with Crippen molar-refractivity contribution in [1.29, 1.82) is 0 Å². The number of ether oxygens (including phenoxy) is 1. The van der Waals surface area contributed by atoms with Crippen molar-refractivity contribution >= 4 is 0 Å². The zero-order chi connectivity index (χ0) is 16.5. The van der Waals surface area contributed by atoms with Crippen molar-refractivity contribution in [3.63, 3.8) is 0 Å². The number of aliphatic hydroxyl groups excluding tert-OH is 2. The van der Waals surface area contributed by atoms with Gasteiger partial charge in [0.25, 0.3) is 5.56 Å². The number of H-pyrrole nitrogens is 1. The number of aliphatic hydroxyl groups is 2. The van der Waals surface area contributed by atoms with E-state index in [1.54, 1.807) is 0 Å². The first-order valence-electron chi connectivity index (χ1n) is 6.49. The van der Waals surface area contributed by atoms with Gasteiger partial charge in [-0.05, 0) is 6.92 Å². The molecule has 120 valence electrons. The smallest absolute Gasteiger partial charge is 0.330 e. The van der Waals surface area contributed by atoms with E-state index >= 15 is 0 Å². The minimum atomic E-state index is -1.82. The van der Waals surface area contributed by atoms with Crippen LogP contribution in [-0.4, -0.2) is 50.3 Å². The van der Waals surface area contributed by atoms with Crippen LogP contribution >= 0.6 is 0 Å². The largest absolute Gasteiger partial charge is 0.391 e. The van der Waals surface area contributed by atoms with Crippen LogP contribution in [0.15, 0.2) is 21.9 Å². The predicted octanol–water partition coefficient (Wildman–Crippen LogP) is -2.15. The summed E-state index contributed by atoms with van der Waals surface area (Å²) in [5.41, 5.74) is 2.75. The first kappa shape index (κ1) is 16.4. The molecule has 5 N–H and O–H groups in total. The molecule has 0 bridgehead atoms. The Kier molecular flexibility index (Phi) is 4.48. The van der Waals surface area contributed by atoms with Crippen LogP contribution in [0.5, 0.6) is 0 Å². The van der Waals surface area contributed by atoms with E-state index in [0.29, 0.717) is 0 Å². The predicted molar refractivity (Wildman–Crippen MR) is 73.6 cm³/mol. The monoisotopic (exact) mass is 313 g/mol. The molecule has 0 spiro atoms. The normalized spacial score (nSPS) is 32.3. The van der Waals surface area contributed by atoms with Gasteiger partial charge in [-0.2, -0.15) is 0 Å². The van der Waals surface area contributed by atoms with Gasteiger partial charge in [-0.25, -0.2) is 9.18 Å². The van der Waals surface area contributed by atoms with Crippen molar-refractivity contribution < 1.29 is 19.3 Å². The van der Waals surface area contributed by atoms with Gasteiger partial charge in [-0.3, -0.25) is 14.3 Å². The van der Waals surface area contributed by atoms with Gasteiger partial charge in [0.1, 0.15) is 18.9 Å². The van der Waals surface area contributed by atoms with Crippen molar-refractivity contribution in [2.45, 2.75) is 37.0 Å². The van der Waals surface area contributed by atoms with E-state index in [1.165, 1.54) is 6.92 Å². The van der Waals surface area contributed by atoms with Gasteiger partial charge in [0.2, 0.25) is 0 Å². The molecule has 0 saturated carbocycles. The first-order chi connectivity index (χ1) is 10.3. The Morgan fingerprint density at radius 3 is 2.86 bits per heavy atom. The summed E-state index contributed by atoms with van der Waals surface area (Å²) in [4.78, 5) is 25.0. The van der Waals surface area contributed by atoms with Crippen molar-refractivity contribution in [2.24, 2.45) is 5.73 Å². The number of nitrogens with zero attached hydrogens (tertiary/aromatic N) is 1. The van der Waals surface area contributed by atoms with Crippen LogP contribution in [0.3, 0.4) is 0 Å². The number of halogens is 1. The van der Waals surface area contributed by atoms with Gasteiger partial charge in [-0.15, -0.1) is 0 Å². The Morgan fingerprint density at radius 1 is 1.64 bits per heavy atom. The maximum Gasteiger partial charge on any atom is 0.330 e. The minimum absolute atomic E-state index is 0.621. The third kappa shape index (κ3) is 2.69. The minimum Gasteiger partial charge on any atom is -0.391 e. The second-order valence-electron chi connectivity index (χ2n) is 5.02. The lowest BCUT2D eigenvalue weighted by molar-refractivity contribution is -0.0778. The molecular weight excluding hydrogens is 297 g/mol. The Balaban J connectivity index is 2.55. The van der Waals surface area contributed by atoms with E-state index in [2.05, 4.69) is 11.8 Å². The Hall–Kier alpha value is -1.99. The van der Waals surface area contributed by atoms with Gasteiger partial charge in [0, 0.05) is 12.3 Å². The molecule has 1 aliphatic rings. The maximum atomic E-state index is 12.3. The molecule has 1 aliphatic heterocycles. The molecule has 5 atom stereocenters. The second kappa shape index (κ2) is 6.02. The summed E-state index contributed by atoms with van der Waals surface area (Å²) < 4.78 is 18.7. The summed E-state index contributed by atoms with van der Waals surface area (Å²) in [7, 11) is 0. The zero-order valence-electron chi connectivity index (χ0n) is 11.7. The summed E-state index contributed by atoms with van der Waals surface area (Å²) >= 11 is 0. The Labute approximate surface area is 124 Å². The summed E-state index contributed by atoms with van der Waals surface area (Å²) in [6.45, 7) is 0.368. The van der Waals surface area contributed by atoms with Crippen molar-refractivity contribution in [3.05, 3.63) is 33.1 Å². The molecule has 9 heteroatoms. The number of hydrogen-bond acceptors (Lipinski definition) is 6. The number of aromatic amines is 1. The quantitative estimate of drug-likeness (QED) is 0.460. The number of aromatic nitrogens is 2. The van der Waals surface area contributed by atoms with E-state index in [9.17, 15) is 24.2 Å². The number of rotatable bonds is 2. The standard InChI is InChI=1S/C13H16FN3O5/c1-7(18)9-10(20)13(15,4-2-5-14)11(22-9)17-6-3-8(19)16-12(17)21/h3,6-7,9-11,18,20H,5,15H2,1H3,(H,16,19,21)/t7-,9-,10?,11-,13-/m1/s1. The average molecular weight is 313 g/mol. The van der Waals surface area contributed by atoms with Crippen LogP contribution in [0.2, 0.25) is 0 Å². The zero-order valence-corrected chi connectivity index (χ0v) is 11.7. The fourth-order valence-electron chi connectivity index (χ4n) is 2.36. The first-order valence-corrected chi connectivity index (χ1v) is 6.49. The molecule has 2 heterocycles. The molecule has 1 unspecified atom stereocenters. The number of nitrogens with two attached hydrogens (primary N) is 1.